The number of nitrogens with one attached hydrogen (secondary N) is 1. The van der Waals surface area contributed by atoms with E-state index in [1.54, 1.807) is 0 Å². The van der Waals surface area contributed by atoms with E-state index in [1.165, 1.54) is 24.1 Å². The van der Waals surface area contributed by atoms with Crippen molar-refractivity contribution in [2.24, 2.45) is 0 Å². The van der Waals surface area contributed by atoms with Crippen LogP contribution < -0.4 is 10.2 Å². The minimum Gasteiger partial charge on any atom is -0.375 e. The number of aryl methyl sites for hydroxylation is 1. The van der Waals surface area contributed by atoms with Crippen LogP contribution in [-0.4, -0.2) is 26.7 Å². The molecule has 0 aliphatic rings. The Balaban J connectivity index is 1.50. The fraction of sp³-hybridized carbons (Fsp3) is 0.368. The second-order valence-electron chi connectivity index (χ2n) is 5.45. The lowest BCUT2D eigenvalue weighted by molar-refractivity contribution is 0.621. The Morgan fingerprint density at radius 1 is 0.810 bits per heavy atom. The number of hydrogen-bond donors (Lipinski definition) is 1. The van der Waals surface area contributed by atoms with Crippen LogP contribution in [0.4, 0.5) is 5.69 Å². The van der Waals surface area contributed by atoms with Crippen LogP contribution in [0.5, 0.6) is 0 Å². The van der Waals surface area contributed by atoms with Crippen molar-refractivity contribution in [3.05, 3.63) is 66.2 Å². The number of hydrogen-bond acceptors (Lipinski definition) is 2. The standard InChI is InChI=1S/C19H26N2/c1-21(19-13-6-3-7-14-19)17-9-16-20-15-8-12-18-10-4-2-5-11-18/h2-7,10-11,13-14,20H,8-9,12,15-17H2,1H3. The predicted octanol–water partition coefficient (Wildman–Crippen LogP) is 3.74. The first kappa shape index (κ1) is 15.6. The smallest absolute Gasteiger partial charge is 0.0363 e. The molecule has 0 unspecified atom stereocenters. The quantitative estimate of drug-likeness (QED) is 0.705. The highest BCUT2D eigenvalue weighted by Gasteiger charge is 1.98. The lowest BCUT2D eigenvalue weighted by Gasteiger charge is -2.19. The summed E-state index contributed by atoms with van der Waals surface area (Å²) < 4.78 is 0. The second-order valence-corrected chi connectivity index (χ2v) is 5.45. The molecule has 0 amide bonds. The lowest BCUT2D eigenvalue weighted by atomic mass is 10.1. The largest absolute Gasteiger partial charge is 0.375 e. The first-order valence-electron chi connectivity index (χ1n) is 7.87. The summed E-state index contributed by atoms with van der Waals surface area (Å²) in [5.74, 6) is 0. The van der Waals surface area contributed by atoms with Gasteiger partial charge in [0, 0.05) is 19.3 Å². The van der Waals surface area contributed by atoms with E-state index in [4.69, 9.17) is 0 Å². The van der Waals surface area contributed by atoms with Crippen molar-refractivity contribution in [3.8, 4) is 0 Å². The van der Waals surface area contributed by atoms with E-state index in [0.717, 1.165) is 26.1 Å². The van der Waals surface area contributed by atoms with Gasteiger partial charge in [-0.1, -0.05) is 48.5 Å². The summed E-state index contributed by atoms with van der Waals surface area (Å²) in [5.41, 5.74) is 2.73. The zero-order valence-electron chi connectivity index (χ0n) is 13.0. The van der Waals surface area contributed by atoms with Gasteiger partial charge in [-0.05, 0) is 50.0 Å². The molecule has 0 saturated heterocycles. The maximum Gasteiger partial charge on any atom is 0.0363 e. The second kappa shape index (κ2) is 9.19. The Morgan fingerprint density at radius 2 is 1.43 bits per heavy atom. The number of para-hydroxylation sites is 1. The summed E-state index contributed by atoms with van der Waals surface area (Å²) >= 11 is 0. The van der Waals surface area contributed by atoms with E-state index in [2.05, 4.69) is 77.9 Å². The van der Waals surface area contributed by atoms with Gasteiger partial charge in [-0.25, -0.2) is 0 Å². The highest BCUT2D eigenvalue weighted by atomic mass is 15.1. The normalized spacial score (nSPS) is 10.5. The van der Waals surface area contributed by atoms with Crippen molar-refractivity contribution in [2.75, 3.05) is 31.6 Å². The van der Waals surface area contributed by atoms with Crippen molar-refractivity contribution in [2.45, 2.75) is 19.3 Å². The van der Waals surface area contributed by atoms with Gasteiger partial charge >= 0.3 is 0 Å². The molecule has 2 heteroatoms. The minimum absolute atomic E-state index is 1.09. The zero-order valence-corrected chi connectivity index (χ0v) is 13.0. The fourth-order valence-electron chi connectivity index (χ4n) is 2.44. The van der Waals surface area contributed by atoms with E-state index in [1.807, 2.05) is 0 Å². The van der Waals surface area contributed by atoms with Crippen molar-refractivity contribution in [1.82, 2.24) is 5.32 Å². The maximum absolute atomic E-state index is 3.54. The first-order chi connectivity index (χ1) is 10.4. The molecule has 0 aromatic heterocycles. The van der Waals surface area contributed by atoms with Gasteiger partial charge in [0.05, 0.1) is 0 Å². The van der Waals surface area contributed by atoms with Crippen LogP contribution in [0.3, 0.4) is 0 Å². The van der Waals surface area contributed by atoms with E-state index < -0.39 is 0 Å². The number of anilines is 1. The summed E-state index contributed by atoms with van der Waals surface area (Å²) in [5, 5.41) is 3.54. The fourth-order valence-corrected chi connectivity index (χ4v) is 2.44. The molecule has 112 valence electrons. The van der Waals surface area contributed by atoms with Crippen LogP contribution in [-0.2, 0) is 6.42 Å². The van der Waals surface area contributed by atoms with Crippen LogP contribution in [0.1, 0.15) is 18.4 Å². The number of benzene rings is 2. The van der Waals surface area contributed by atoms with E-state index >= 15 is 0 Å². The highest BCUT2D eigenvalue weighted by Crippen LogP contribution is 2.10. The van der Waals surface area contributed by atoms with Crippen molar-refractivity contribution in [3.63, 3.8) is 0 Å². The summed E-state index contributed by atoms with van der Waals surface area (Å²) in [6, 6.07) is 21.3. The van der Waals surface area contributed by atoms with Gasteiger partial charge in [0.15, 0.2) is 0 Å². The Morgan fingerprint density at radius 3 is 2.14 bits per heavy atom. The molecule has 2 aromatic rings. The Bertz CT molecular complexity index is 481. The molecule has 0 spiro atoms. The van der Waals surface area contributed by atoms with Crippen LogP contribution in [0.15, 0.2) is 60.7 Å². The summed E-state index contributed by atoms with van der Waals surface area (Å²) in [6.07, 6.45) is 3.55. The van der Waals surface area contributed by atoms with Crippen molar-refractivity contribution >= 4 is 5.69 Å². The molecule has 0 atom stereocenters. The third kappa shape index (κ3) is 6.01. The Kier molecular flexibility index (Phi) is 6.82. The third-order valence-electron chi connectivity index (χ3n) is 3.71. The van der Waals surface area contributed by atoms with Crippen molar-refractivity contribution in [1.29, 1.82) is 0 Å². The van der Waals surface area contributed by atoms with Gasteiger partial charge in [-0.3, -0.25) is 0 Å². The van der Waals surface area contributed by atoms with Crippen LogP contribution in [0.25, 0.3) is 0 Å². The Labute approximate surface area is 128 Å². The van der Waals surface area contributed by atoms with Gasteiger partial charge in [-0.15, -0.1) is 0 Å². The molecule has 0 aliphatic heterocycles. The van der Waals surface area contributed by atoms with Crippen molar-refractivity contribution < 1.29 is 0 Å². The molecule has 0 aliphatic carbocycles. The molecule has 2 aromatic carbocycles. The van der Waals surface area contributed by atoms with Gasteiger partial charge < -0.3 is 10.2 Å². The van der Waals surface area contributed by atoms with Gasteiger partial charge in [-0.2, -0.15) is 0 Å². The topological polar surface area (TPSA) is 15.3 Å². The zero-order chi connectivity index (χ0) is 14.8. The van der Waals surface area contributed by atoms with Gasteiger partial charge in [0.1, 0.15) is 0 Å². The molecule has 0 heterocycles. The molecule has 0 bridgehead atoms. The molecular weight excluding hydrogens is 256 g/mol. The van der Waals surface area contributed by atoms with Crippen LogP contribution in [0, 0.1) is 0 Å². The summed E-state index contributed by atoms with van der Waals surface area (Å²) in [4.78, 5) is 2.31. The lowest BCUT2D eigenvalue weighted by Crippen LogP contribution is -2.24. The predicted molar refractivity (Wildman–Crippen MR) is 92.0 cm³/mol. The van der Waals surface area contributed by atoms with Crippen LogP contribution in [0.2, 0.25) is 0 Å². The van der Waals surface area contributed by atoms with E-state index in [-0.39, 0.29) is 0 Å². The summed E-state index contributed by atoms with van der Waals surface area (Å²) in [6.45, 7) is 3.28. The molecule has 2 rings (SSSR count). The number of nitrogens with zero attached hydrogens (tertiary/aromatic N) is 1. The SMILES string of the molecule is CN(CCCNCCCc1ccccc1)c1ccccc1. The van der Waals surface area contributed by atoms with E-state index in [9.17, 15) is 0 Å². The summed E-state index contributed by atoms with van der Waals surface area (Å²) in [7, 11) is 2.16. The Hall–Kier alpha value is -1.80. The first-order valence-corrected chi connectivity index (χ1v) is 7.87. The molecule has 2 nitrogen and oxygen atoms in total. The maximum atomic E-state index is 3.54. The minimum atomic E-state index is 1.09. The molecule has 0 saturated carbocycles. The molecular formula is C19H26N2. The number of rotatable bonds is 9. The third-order valence-corrected chi connectivity index (χ3v) is 3.71. The molecule has 1 N–H and O–H groups in total. The molecule has 21 heavy (non-hydrogen) atoms. The van der Waals surface area contributed by atoms with Gasteiger partial charge in [0.2, 0.25) is 0 Å². The van der Waals surface area contributed by atoms with E-state index in [0.29, 0.717) is 0 Å². The monoisotopic (exact) mass is 282 g/mol. The average Bonchev–Trinajstić information content (AvgIpc) is 2.55. The highest BCUT2D eigenvalue weighted by molar-refractivity contribution is 5.44. The molecule has 0 fully saturated rings. The average molecular weight is 282 g/mol. The van der Waals surface area contributed by atoms with Gasteiger partial charge in [0.25, 0.3) is 0 Å². The van der Waals surface area contributed by atoms with Crippen LogP contribution >= 0.6 is 0 Å². The molecule has 0 radical (unpaired) electrons.